The van der Waals surface area contributed by atoms with Crippen LogP contribution >= 0.6 is 0 Å². The third-order valence-corrected chi connectivity index (χ3v) is 3.22. The van der Waals surface area contributed by atoms with Crippen molar-refractivity contribution in [3.63, 3.8) is 0 Å². The monoisotopic (exact) mass is 285 g/mol. The van der Waals surface area contributed by atoms with Crippen LogP contribution in [0.15, 0.2) is 48.5 Å². The molecule has 108 valence electrons. The highest BCUT2D eigenvalue weighted by Gasteiger charge is 2.17. The summed E-state index contributed by atoms with van der Waals surface area (Å²) in [6, 6.07) is 12.7. The van der Waals surface area contributed by atoms with Crippen molar-refractivity contribution in [3.8, 4) is 11.1 Å². The Morgan fingerprint density at radius 3 is 2.14 bits per heavy atom. The number of hydrogen-bond donors (Lipinski definition) is 3. The number of carboxylic acids is 2. The summed E-state index contributed by atoms with van der Waals surface area (Å²) in [7, 11) is 0. The highest BCUT2D eigenvalue weighted by atomic mass is 16.4. The molecular weight excluding hydrogens is 270 g/mol. The average molecular weight is 285 g/mol. The number of nitrogens with two attached hydrogens (primary N) is 1. The van der Waals surface area contributed by atoms with Gasteiger partial charge in [0.1, 0.15) is 6.04 Å². The van der Waals surface area contributed by atoms with E-state index in [1.54, 1.807) is 42.5 Å². The second-order valence-corrected chi connectivity index (χ2v) is 4.66. The van der Waals surface area contributed by atoms with E-state index in [9.17, 15) is 14.7 Å². The highest BCUT2D eigenvalue weighted by molar-refractivity contribution is 5.96. The summed E-state index contributed by atoms with van der Waals surface area (Å²) in [5.74, 6) is -2.11. The summed E-state index contributed by atoms with van der Waals surface area (Å²) in [5, 5.41) is 18.2. The Morgan fingerprint density at radius 1 is 0.952 bits per heavy atom. The number of aromatic carboxylic acids is 1. The Bertz CT molecular complexity index is 681. The second kappa shape index (κ2) is 6.19. The van der Waals surface area contributed by atoms with E-state index in [4.69, 9.17) is 10.8 Å². The van der Waals surface area contributed by atoms with E-state index >= 15 is 0 Å². The van der Waals surface area contributed by atoms with Crippen molar-refractivity contribution in [2.45, 2.75) is 12.5 Å². The van der Waals surface area contributed by atoms with Gasteiger partial charge in [-0.05, 0) is 29.2 Å². The summed E-state index contributed by atoms with van der Waals surface area (Å²) < 4.78 is 0. The van der Waals surface area contributed by atoms with E-state index < -0.39 is 18.0 Å². The van der Waals surface area contributed by atoms with Gasteiger partial charge in [0.15, 0.2) is 0 Å². The van der Waals surface area contributed by atoms with Gasteiger partial charge in [-0.2, -0.15) is 0 Å². The first-order valence-electron chi connectivity index (χ1n) is 6.39. The Kier molecular flexibility index (Phi) is 4.35. The normalized spacial score (nSPS) is 11.9. The fourth-order valence-corrected chi connectivity index (χ4v) is 2.19. The van der Waals surface area contributed by atoms with Crippen molar-refractivity contribution >= 4 is 11.9 Å². The molecule has 2 rings (SSSR count). The number of carboxylic acid groups (broad SMARTS) is 2. The second-order valence-electron chi connectivity index (χ2n) is 4.66. The van der Waals surface area contributed by atoms with E-state index in [1.807, 2.05) is 0 Å². The molecule has 5 nitrogen and oxygen atoms in total. The summed E-state index contributed by atoms with van der Waals surface area (Å²) in [6.07, 6.45) is 0.138. The van der Waals surface area contributed by atoms with Crippen LogP contribution < -0.4 is 5.73 Å². The molecule has 0 aliphatic heterocycles. The van der Waals surface area contributed by atoms with Crippen LogP contribution in [0.1, 0.15) is 15.9 Å². The average Bonchev–Trinajstić information content (AvgIpc) is 2.47. The summed E-state index contributed by atoms with van der Waals surface area (Å²) in [5.41, 5.74) is 7.70. The van der Waals surface area contributed by atoms with E-state index in [0.717, 1.165) is 0 Å². The van der Waals surface area contributed by atoms with E-state index in [1.165, 1.54) is 6.07 Å². The van der Waals surface area contributed by atoms with Crippen LogP contribution in [0, 0.1) is 0 Å². The van der Waals surface area contributed by atoms with Crippen LogP contribution in [0.4, 0.5) is 0 Å². The topological polar surface area (TPSA) is 101 Å². The Hall–Kier alpha value is -2.66. The molecule has 21 heavy (non-hydrogen) atoms. The van der Waals surface area contributed by atoms with Gasteiger partial charge < -0.3 is 15.9 Å². The number of aliphatic carboxylic acids is 1. The molecule has 0 heterocycles. The lowest BCUT2D eigenvalue weighted by molar-refractivity contribution is -0.138. The molecule has 0 aliphatic carbocycles. The number of hydrogen-bond acceptors (Lipinski definition) is 3. The number of benzene rings is 2. The minimum atomic E-state index is -1.09. The maximum Gasteiger partial charge on any atom is 0.336 e. The SMILES string of the molecule is NC(Cc1ccccc1-c1ccccc1C(=O)O)C(=O)O. The molecule has 5 heteroatoms. The maximum atomic E-state index is 11.3. The van der Waals surface area contributed by atoms with E-state index in [-0.39, 0.29) is 12.0 Å². The summed E-state index contributed by atoms with van der Waals surface area (Å²) >= 11 is 0. The van der Waals surface area contributed by atoms with Gasteiger partial charge in [-0.3, -0.25) is 4.79 Å². The van der Waals surface area contributed by atoms with Crippen molar-refractivity contribution in [2.24, 2.45) is 5.73 Å². The standard InChI is InChI=1S/C16H15NO4/c17-14(16(20)21)9-10-5-1-2-6-11(10)12-7-3-4-8-13(12)15(18)19/h1-8,14H,9,17H2,(H,18,19)(H,20,21). The van der Waals surface area contributed by atoms with Crippen molar-refractivity contribution < 1.29 is 19.8 Å². The lowest BCUT2D eigenvalue weighted by Crippen LogP contribution is -2.32. The number of rotatable bonds is 5. The molecule has 4 N–H and O–H groups in total. The van der Waals surface area contributed by atoms with Crippen molar-refractivity contribution in [3.05, 3.63) is 59.7 Å². The fourth-order valence-electron chi connectivity index (χ4n) is 2.19. The highest BCUT2D eigenvalue weighted by Crippen LogP contribution is 2.28. The van der Waals surface area contributed by atoms with Gasteiger partial charge in [-0.15, -0.1) is 0 Å². The molecule has 0 aromatic heterocycles. The predicted octanol–water partition coefficient (Wildman–Crippen LogP) is 2.01. The van der Waals surface area contributed by atoms with Crippen LogP contribution in [0.5, 0.6) is 0 Å². The largest absolute Gasteiger partial charge is 0.480 e. The van der Waals surface area contributed by atoms with Crippen LogP contribution in [-0.4, -0.2) is 28.2 Å². The first-order chi connectivity index (χ1) is 10.0. The molecule has 0 radical (unpaired) electrons. The molecule has 1 atom stereocenters. The molecule has 0 fully saturated rings. The van der Waals surface area contributed by atoms with Gasteiger partial charge in [0.2, 0.25) is 0 Å². The fraction of sp³-hybridized carbons (Fsp3) is 0.125. The molecular formula is C16H15NO4. The third kappa shape index (κ3) is 3.27. The van der Waals surface area contributed by atoms with E-state index in [0.29, 0.717) is 16.7 Å². The van der Waals surface area contributed by atoms with Crippen LogP contribution in [-0.2, 0) is 11.2 Å². The van der Waals surface area contributed by atoms with Crippen LogP contribution in [0.25, 0.3) is 11.1 Å². The molecule has 0 spiro atoms. The zero-order chi connectivity index (χ0) is 15.4. The molecule has 0 amide bonds. The minimum Gasteiger partial charge on any atom is -0.480 e. The van der Waals surface area contributed by atoms with Gasteiger partial charge >= 0.3 is 11.9 Å². The Labute approximate surface area is 121 Å². The van der Waals surface area contributed by atoms with Gasteiger partial charge in [0.25, 0.3) is 0 Å². The van der Waals surface area contributed by atoms with Crippen LogP contribution in [0.3, 0.4) is 0 Å². The Balaban J connectivity index is 2.50. The summed E-state index contributed by atoms with van der Waals surface area (Å²) in [4.78, 5) is 22.2. The van der Waals surface area contributed by atoms with Gasteiger partial charge in [-0.25, -0.2) is 4.79 Å². The lowest BCUT2D eigenvalue weighted by Gasteiger charge is -2.13. The van der Waals surface area contributed by atoms with Crippen molar-refractivity contribution in [1.82, 2.24) is 0 Å². The smallest absolute Gasteiger partial charge is 0.336 e. The van der Waals surface area contributed by atoms with Gasteiger partial charge in [0, 0.05) is 0 Å². The first kappa shape index (κ1) is 14.7. The molecule has 0 bridgehead atoms. The molecule has 0 saturated heterocycles. The zero-order valence-corrected chi connectivity index (χ0v) is 11.2. The Morgan fingerprint density at radius 2 is 1.52 bits per heavy atom. The maximum absolute atomic E-state index is 11.3. The minimum absolute atomic E-state index is 0.138. The quantitative estimate of drug-likeness (QED) is 0.780. The zero-order valence-electron chi connectivity index (χ0n) is 11.2. The molecule has 2 aromatic carbocycles. The molecule has 0 aliphatic rings. The number of carbonyl (C=O) groups is 2. The van der Waals surface area contributed by atoms with Crippen molar-refractivity contribution in [2.75, 3.05) is 0 Å². The van der Waals surface area contributed by atoms with Gasteiger partial charge in [-0.1, -0.05) is 42.5 Å². The third-order valence-electron chi connectivity index (χ3n) is 3.22. The summed E-state index contributed by atoms with van der Waals surface area (Å²) in [6.45, 7) is 0. The van der Waals surface area contributed by atoms with Crippen LogP contribution in [0.2, 0.25) is 0 Å². The van der Waals surface area contributed by atoms with Gasteiger partial charge in [0.05, 0.1) is 5.56 Å². The lowest BCUT2D eigenvalue weighted by atomic mass is 9.92. The molecule has 1 unspecified atom stereocenters. The van der Waals surface area contributed by atoms with Crippen molar-refractivity contribution in [1.29, 1.82) is 0 Å². The predicted molar refractivity (Wildman–Crippen MR) is 78.2 cm³/mol. The molecule has 0 saturated carbocycles. The first-order valence-corrected chi connectivity index (χ1v) is 6.39. The van der Waals surface area contributed by atoms with E-state index in [2.05, 4.69) is 0 Å². The molecule has 2 aromatic rings.